The molecule has 2 fully saturated rings. The Hall–Kier alpha value is -1.62. The molecule has 1 atom stereocenters. The highest BCUT2D eigenvalue weighted by Crippen LogP contribution is 2.31. The zero-order valence-corrected chi connectivity index (χ0v) is 12.1. The maximum Gasteiger partial charge on any atom is 0.339 e. The zero-order valence-electron chi connectivity index (χ0n) is 12.1. The van der Waals surface area contributed by atoms with Gasteiger partial charge in [0.05, 0.1) is 0 Å². The van der Waals surface area contributed by atoms with Crippen LogP contribution in [0.3, 0.4) is 0 Å². The molecule has 1 aliphatic heterocycles. The predicted molar refractivity (Wildman–Crippen MR) is 79.8 cm³/mol. The molecule has 2 N–H and O–H groups in total. The first-order valence-corrected chi connectivity index (χ1v) is 7.97. The summed E-state index contributed by atoms with van der Waals surface area (Å²) in [7, 11) is 0. The molecular weight excluding hydrogens is 266 g/mol. The van der Waals surface area contributed by atoms with Crippen LogP contribution in [0.15, 0.2) is 6.07 Å². The molecule has 4 rings (SSSR count). The van der Waals surface area contributed by atoms with Gasteiger partial charge < -0.3 is 10.4 Å². The van der Waals surface area contributed by atoms with Crippen LogP contribution < -0.4 is 5.32 Å². The Kier molecular flexibility index (Phi) is 3.10. The number of aromatic nitrogens is 1. The third kappa shape index (κ3) is 2.50. The van der Waals surface area contributed by atoms with Gasteiger partial charge in [-0.2, -0.15) is 0 Å². The number of hydrogen-bond acceptors (Lipinski definition) is 4. The van der Waals surface area contributed by atoms with E-state index in [2.05, 4.69) is 15.2 Å². The molecule has 3 aliphatic rings. The van der Waals surface area contributed by atoms with Crippen LogP contribution in [0, 0.1) is 0 Å². The molecule has 1 aromatic heterocycles. The van der Waals surface area contributed by atoms with Gasteiger partial charge >= 0.3 is 5.97 Å². The topological polar surface area (TPSA) is 65.5 Å². The van der Waals surface area contributed by atoms with Crippen molar-refractivity contribution < 1.29 is 9.90 Å². The third-order valence-corrected chi connectivity index (χ3v) is 4.91. The van der Waals surface area contributed by atoms with E-state index in [9.17, 15) is 9.90 Å². The molecule has 1 saturated carbocycles. The number of rotatable bonds is 4. The van der Waals surface area contributed by atoms with E-state index < -0.39 is 5.97 Å². The third-order valence-electron chi connectivity index (χ3n) is 4.91. The van der Waals surface area contributed by atoms with Crippen LogP contribution in [-0.2, 0) is 12.8 Å². The summed E-state index contributed by atoms with van der Waals surface area (Å²) in [6, 6.07) is 2.94. The summed E-state index contributed by atoms with van der Waals surface area (Å²) >= 11 is 0. The van der Waals surface area contributed by atoms with E-state index in [1.807, 2.05) is 6.07 Å². The van der Waals surface area contributed by atoms with Crippen LogP contribution in [-0.4, -0.2) is 46.1 Å². The van der Waals surface area contributed by atoms with Crippen LogP contribution >= 0.6 is 0 Å². The summed E-state index contributed by atoms with van der Waals surface area (Å²) in [5.41, 5.74) is 2.53. The summed E-state index contributed by atoms with van der Waals surface area (Å²) in [5, 5.41) is 12.8. The molecule has 0 aromatic carbocycles. The molecule has 5 heteroatoms. The Morgan fingerprint density at radius 1 is 1.33 bits per heavy atom. The highest BCUT2D eigenvalue weighted by atomic mass is 16.4. The number of nitrogens with one attached hydrogen (secondary N) is 1. The number of hydrogen-bond donors (Lipinski definition) is 2. The molecule has 0 spiro atoms. The van der Waals surface area contributed by atoms with Crippen LogP contribution in [0.1, 0.15) is 47.3 Å². The van der Waals surface area contributed by atoms with Gasteiger partial charge in [0, 0.05) is 30.9 Å². The number of fused-ring (bicyclic) bond motifs is 1. The van der Waals surface area contributed by atoms with E-state index in [0.717, 1.165) is 56.1 Å². The van der Waals surface area contributed by atoms with Crippen LogP contribution in [0.2, 0.25) is 0 Å². The van der Waals surface area contributed by atoms with Crippen molar-refractivity contribution in [3.05, 3.63) is 22.9 Å². The second-order valence-electron chi connectivity index (χ2n) is 6.51. The van der Waals surface area contributed by atoms with Crippen LogP contribution in [0.25, 0.3) is 0 Å². The van der Waals surface area contributed by atoms with Gasteiger partial charge in [-0.05, 0) is 50.2 Å². The fourth-order valence-corrected chi connectivity index (χ4v) is 3.61. The van der Waals surface area contributed by atoms with Gasteiger partial charge in [0.15, 0.2) is 0 Å². The smallest absolute Gasteiger partial charge is 0.339 e. The summed E-state index contributed by atoms with van der Waals surface area (Å²) in [6.45, 7) is 2.14. The Balaban J connectivity index is 1.55. The summed E-state index contributed by atoms with van der Waals surface area (Å²) in [4.78, 5) is 18.6. The normalized spacial score (nSPS) is 25.0. The van der Waals surface area contributed by atoms with Gasteiger partial charge in [0.1, 0.15) is 11.4 Å². The van der Waals surface area contributed by atoms with Gasteiger partial charge in [-0.1, -0.05) is 0 Å². The maximum absolute atomic E-state index is 11.5. The SMILES string of the molecule is O=C(O)c1cc2c(nc1NC1CCN(C3CC3)C1)CCC2. The maximum atomic E-state index is 11.5. The lowest BCUT2D eigenvalue weighted by molar-refractivity contribution is 0.0697. The molecular formula is C16H21N3O2. The van der Waals surface area contributed by atoms with E-state index in [1.165, 1.54) is 12.8 Å². The Morgan fingerprint density at radius 2 is 2.19 bits per heavy atom. The highest BCUT2D eigenvalue weighted by Gasteiger charge is 2.35. The van der Waals surface area contributed by atoms with Crippen LogP contribution in [0.4, 0.5) is 5.82 Å². The highest BCUT2D eigenvalue weighted by molar-refractivity contribution is 5.93. The lowest BCUT2D eigenvalue weighted by atomic mass is 10.1. The number of aryl methyl sites for hydroxylation is 2. The fourth-order valence-electron chi connectivity index (χ4n) is 3.61. The van der Waals surface area contributed by atoms with E-state index in [0.29, 0.717) is 17.4 Å². The molecule has 0 radical (unpaired) electrons. The number of carboxylic acids is 1. The number of carbonyl (C=O) groups is 1. The number of pyridine rings is 1. The minimum absolute atomic E-state index is 0.329. The van der Waals surface area contributed by atoms with Gasteiger partial charge in [-0.3, -0.25) is 4.90 Å². The second-order valence-corrected chi connectivity index (χ2v) is 6.51. The van der Waals surface area contributed by atoms with Crippen molar-refractivity contribution in [2.24, 2.45) is 0 Å². The van der Waals surface area contributed by atoms with E-state index in [4.69, 9.17) is 0 Å². The Bertz CT molecular complexity index is 583. The van der Waals surface area contributed by atoms with Crippen LogP contribution in [0.5, 0.6) is 0 Å². The van der Waals surface area contributed by atoms with Crippen molar-refractivity contribution in [3.63, 3.8) is 0 Å². The van der Waals surface area contributed by atoms with Crippen molar-refractivity contribution >= 4 is 11.8 Å². The average molecular weight is 287 g/mol. The molecule has 1 unspecified atom stereocenters. The number of carboxylic acid groups (broad SMARTS) is 1. The van der Waals surface area contributed by atoms with E-state index >= 15 is 0 Å². The first-order valence-electron chi connectivity index (χ1n) is 7.97. The molecule has 2 heterocycles. The molecule has 5 nitrogen and oxygen atoms in total. The van der Waals surface area contributed by atoms with Crippen molar-refractivity contribution in [3.8, 4) is 0 Å². The predicted octanol–water partition coefficient (Wildman–Crippen LogP) is 1.92. The molecule has 0 amide bonds. The Morgan fingerprint density at radius 3 is 2.95 bits per heavy atom. The number of aromatic carboxylic acids is 1. The summed E-state index contributed by atoms with van der Waals surface area (Å²) < 4.78 is 0. The molecule has 1 aromatic rings. The van der Waals surface area contributed by atoms with Crippen molar-refractivity contribution in [2.75, 3.05) is 18.4 Å². The standard InChI is InChI=1S/C16H21N3O2/c20-16(21)13-8-10-2-1-3-14(10)18-15(13)17-11-6-7-19(9-11)12-4-5-12/h8,11-12H,1-7,9H2,(H,17,18)(H,20,21). The first kappa shape index (κ1) is 13.1. The fraction of sp³-hybridized carbons (Fsp3) is 0.625. The summed E-state index contributed by atoms with van der Waals surface area (Å²) in [6.07, 6.45) is 6.75. The largest absolute Gasteiger partial charge is 0.478 e. The van der Waals surface area contributed by atoms with Crippen molar-refractivity contribution in [1.82, 2.24) is 9.88 Å². The lowest BCUT2D eigenvalue weighted by Gasteiger charge is -2.18. The van der Waals surface area contributed by atoms with E-state index in [1.54, 1.807) is 0 Å². The molecule has 2 aliphatic carbocycles. The molecule has 21 heavy (non-hydrogen) atoms. The quantitative estimate of drug-likeness (QED) is 0.885. The first-order chi connectivity index (χ1) is 10.2. The molecule has 1 saturated heterocycles. The average Bonchev–Trinajstić information content (AvgIpc) is 3.03. The minimum Gasteiger partial charge on any atom is -0.478 e. The molecule has 112 valence electrons. The van der Waals surface area contributed by atoms with Gasteiger partial charge in [0.25, 0.3) is 0 Å². The monoisotopic (exact) mass is 287 g/mol. The summed E-state index contributed by atoms with van der Waals surface area (Å²) in [5.74, 6) is -0.303. The molecule has 0 bridgehead atoms. The zero-order chi connectivity index (χ0) is 14.4. The Labute approximate surface area is 124 Å². The van der Waals surface area contributed by atoms with Gasteiger partial charge in [0.2, 0.25) is 0 Å². The van der Waals surface area contributed by atoms with Gasteiger partial charge in [-0.15, -0.1) is 0 Å². The van der Waals surface area contributed by atoms with Crippen molar-refractivity contribution in [2.45, 2.75) is 50.6 Å². The van der Waals surface area contributed by atoms with E-state index in [-0.39, 0.29) is 0 Å². The number of likely N-dealkylation sites (tertiary alicyclic amines) is 1. The van der Waals surface area contributed by atoms with Crippen molar-refractivity contribution in [1.29, 1.82) is 0 Å². The number of nitrogens with zero attached hydrogens (tertiary/aromatic N) is 2. The number of anilines is 1. The second kappa shape index (κ2) is 4.98. The van der Waals surface area contributed by atoms with Gasteiger partial charge in [-0.25, -0.2) is 9.78 Å². The minimum atomic E-state index is -0.878. The lowest BCUT2D eigenvalue weighted by Crippen LogP contribution is -2.28.